The quantitative estimate of drug-likeness (QED) is 0.349. The Bertz CT molecular complexity index is 704. The van der Waals surface area contributed by atoms with E-state index in [2.05, 4.69) is 15.6 Å². The van der Waals surface area contributed by atoms with Crippen molar-refractivity contribution >= 4 is 47.2 Å². The second kappa shape index (κ2) is 10.7. The molecule has 2 aromatic rings. The summed E-state index contributed by atoms with van der Waals surface area (Å²) in [6.07, 6.45) is 0.817. The van der Waals surface area contributed by atoms with Crippen molar-refractivity contribution in [1.29, 1.82) is 0 Å². The standard InChI is InChI=1S/C19H24N4O.HI/c1-3-14(2)18(24)22-17-11-7-8-15(12-17)13-21-19(20)23-16-9-5-4-6-10-16;/h4-12,14H,3,13H2,1-2H3,(H,22,24)(H3,20,21,23);1H. The number of benzene rings is 2. The molecule has 5 nitrogen and oxygen atoms in total. The number of carbonyl (C=O) groups excluding carboxylic acids is 1. The van der Waals surface area contributed by atoms with E-state index < -0.39 is 0 Å². The van der Waals surface area contributed by atoms with Gasteiger partial charge in [-0.2, -0.15) is 0 Å². The lowest BCUT2D eigenvalue weighted by molar-refractivity contribution is -0.119. The molecule has 134 valence electrons. The molecule has 25 heavy (non-hydrogen) atoms. The Hall–Kier alpha value is -2.09. The summed E-state index contributed by atoms with van der Waals surface area (Å²) in [4.78, 5) is 16.3. The first kappa shape index (κ1) is 21.0. The zero-order valence-electron chi connectivity index (χ0n) is 14.5. The smallest absolute Gasteiger partial charge is 0.227 e. The van der Waals surface area contributed by atoms with Gasteiger partial charge in [-0.3, -0.25) is 4.79 Å². The highest BCUT2D eigenvalue weighted by molar-refractivity contribution is 14.0. The molecule has 4 N–H and O–H groups in total. The molecule has 0 saturated carbocycles. The van der Waals surface area contributed by atoms with E-state index in [0.717, 1.165) is 23.4 Å². The number of anilines is 2. The van der Waals surface area contributed by atoms with Crippen molar-refractivity contribution in [3.05, 3.63) is 60.2 Å². The first-order valence-corrected chi connectivity index (χ1v) is 8.10. The summed E-state index contributed by atoms with van der Waals surface area (Å²) in [5.41, 5.74) is 8.56. The Balaban J connectivity index is 0.00000312. The third-order valence-electron chi connectivity index (χ3n) is 3.73. The Morgan fingerprint density at radius 1 is 1.08 bits per heavy atom. The molecule has 1 atom stereocenters. The van der Waals surface area contributed by atoms with Crippen molar-refractivity contribution < 1.29 is 4.79 Å². The summed E-state index contributed by atoms with van der Waals surface area (Å²) >= 11 is 0. The maximum Gasteiger partial charge on any atom is 0.227 e. The number of nitrogens with two attached hydrogens (primary N) is 1. The number of nitrogens with zero attached hydrogens (tertiary/aromatic N) is 1. The monoisotopic (exact) mass is 452 g/mol. The molecule has 0 aliphatic carbocycles. The van der Waals surface area contributed by atoms with Gasteiger partial charge < -0.3 is 16.4 Å². The number of guanidine groups is 1. The molecule has 0 aromatic heterocycles. The highest BCUT2D eigenvalue weighted by Crippen LogP contribution is 2.14. The fourth-order valence-electron chi connectivity index (χ4n) is 2.08. The highest BCUT2D eigenvalue weighted by Gasteiger charge is 2.10. The van der Waals surface area contributed by atoms with E-state index in [1.807, 2.05) is 68.4 Å². The van der Waals surface area contributed by atoms with Gasteiger partial charge in [0, 0.05) is 17.3 Å². The van der Waals surface area contributed by atoms with E-state index in [0.29, 0.717) is 12.5 Å². The number of carbonyl (C=O) groups is 1. The highest BCUT2D eigenvalue weighted by atomic mass is 127. The van der Waals surface area contributed by atoms with Gasteiger partial charge in [0.05, 0.1) is 6.54 Å². The summed E-state index contributed by atoms with van der Waals surface area (Å²) in [6, 6.07) is 17.3. The van der Waals surface area contributed by atoms with Gasteiger partial charge in [0.2, 0.25) is 5.91 Å². The lowest BCUT2D eigenvalue weighted by atomic mass is 10.1. The fraction of sp³-hybridized carbons (Fsp3) is 0.263. The van der Waals surface area contributed by atoms with Crippen LogP contribution in [-0.4, -0.2) is 11.9 Å². The van der Waals surface area contributed by atoms with E-state index in [4.69, 9.17) is 5.73 Å². The average Bonchev–Trinajstić information content (AvgIpc) is 2.60. The molecule has 0 bridgehead atoms. The molecular weight excluding hydrogens is 427 g/mol. The van der Waals surface area contributed by atoms with E-state index in [9.17, 15) is 4.79 Å². The summed E-state index contributed by atoms with van der Waals surface area (Å²) in [7, 11) is 0. The first-order valence-electron chi connectivity index (χ1n) is 8.10. The largest absolute Gasteiger partial charge is 0.370 e. The number of amides is 1. The van der Waals surface area contributed by atoms with Crippen molar-refractivity contribution in [2.24, 2.45) is 16.6 Å². The van der Waals surface area contributed by atoms with Crippen LogP contribution in [0.1, 0.15) is 25.8 Å². The van der Waals surface area contributed by atoms with Crippen LogP contribution < -0.4 is 16.4 Å². The second-order valence-corrected chi connectivity index (χ2v) is 5.69. The summed E-state index contributed by atoms with van der Waals surface area (Å²) in [5.74, 6) is 0.385. The average molecular weight is 452 g/mol. The first-order chi connectivity index (χ1) is 11.6. The van der Waals surface area contributed by atoms with Crippen LogP contribution >= 0.6 is 24.0 Å². The molecule has 2 aromatic carbocycles. The van der Waals surface area contributed by atoms with E-state index >= 15 is 0 Å². The maximum atomic E-state index is 12.0. The minimum atomic E-state index is -0.00241. The molecule has 0 radical (unpaired) electrons. The molecule has 0 fully saturated rings. The van der Waals surface area contributed by atoms with Crippen molar-refractivity contribution in [3.8, 4) is 0 Å². The Labute approximate surface area is 166 Å². The Kier molecular flexibility index (Phi) is 8.98. The predicted molar refractivity (Wildman–Crippen MR) is 115 cm³/mol. The molecule has 6 heteroatoms. The lowest BCUT2D eigenvalue weighted by Crippen LogP contribution is -2.22. The zero-order chi connectivity index (χ0) is 17.4. The molecule has 0 aliphatic rings. The third-order valence-corrected chi connectivity index (χ3v) is 3.73. The van der Waals surface area contributed by atoms with Gasteiger partial charge in [0.15, 0.2) is 5.96 Å². The van der Waals surface area contributed by atoms with Crippen LogP contribution in [-0.2, 0) is 11.3 Å². The van der Waals surface area contributed by atoms with Gasteiger partial charge in [-0.25, -0.2) is 4.99 Å². The normalized spacial score (nSPS) is 12.0. The molecule has 2 rings (SSSR count). The second-order valence-electron chi connectivity index (χ2n) is 5.69. The summed E-state index contributed by atoms with van der Waals surface area (Å²) in [6.45, 7) is 4.36. The van der Waals surface area contributed by atoms with Gasteiger partial charge in [0.1, 0.15) is 0 Å². The zero-order valence-corrected chi connectivity index (χ0v) is 16.9. The topological polar surface area (TPSA) is 79.5 Å². The number of hydrogen-bond acceptors (Lipinski definition) is 2. The molecule has 1 amide bonds. The van der Waals surface area contributed by atoms with Crippen molar-refractivity contribution in [2.45, 2.75) is 26.8 Å². The molecule has 0 aliphatic heterocycles. The van der Waals surface area contributed by atoms with Crippen molar-refractivity contribution in [1.82, 2.24) is 0 Å². The third kappa shape index (κ3) is 7.13. The maximum absolute atomic E-state index is 12.0. The Morgan fingerprint density at radius 2 is 1.76 bits per heavy atom. The van der Waals surface area contributed by atoms with Crippen LogP contribution in [0.25, 0.3) is 0 Å². The van der Waals surface area contributed by atoms with E-state index in [-0.39, 0.29) is 35.8 Å². The van der Waals surface area contributed by atoms with Gasteiger partial charge >= 0.3 is 0 Å². The number of aliphatic imine (C=N–C) groups is 1. The molecule has 0 saturated heterocycles. The molecule has 1 unspecified atom stereocenters. The summed E-state index contributed by atoms with van der Waals surface area (Å²) < 4.78 is 0. The van der Waals surface area contributed by atoms with Gasteiger partial charge in [-0.15, -0.1) is 24.0 Å². The van der Waals surface area contributed by atoms with Gasteiger partial charge in [-0.1, -0.05) is 44.2 Å². The van der Waals surface area contributed by atoms with Gasteiger partial charge in [-0.05, 0) is 36.2 Å². The number of halogens is 1. The van der Waals surface area contributed by atoms with Crippen LogP contribution in [0.4, 0.5) is 11.4 Å². The fourth-order valence-corrected chi connectivity index (χ4v) is 2.08. The van der Waals surface area contributed by atoms with Crippen LogP contribution in [0.2, 0.25) is 0 Å². The lowest BCUT2D eigenvalue weighted by Gasteiger charge is -2.11. The van der Waals surface area contributed by atoms with Crippen molar-refractivity contribution in [2.75, 3.05) is 10.6 Å². The Morgan fingerprint density at radius 3 is 2.44 bits per heavy atom. The van der Waals surface area contributed by atoms with E-state index in [1.54, 1.807) is 0 Å². The van der Waals surface area contributed by atoms with E-state index in [1.165, 1.54) is 0 Å². The predicted octanol–water partition coefficient (Wildman–Crippen LogP) is 4.22. The molecule has 0 heterocycles. The molecular formula is C19H25IN4O. The molecule has 0 spiro atoms. The minimum absolute atomic E-state index is 0. The summed E-state index contributed by atoms with van der Waals surface area (Å²) in [5, 5.41) is 5.97. The van der Waals surface area contributed by atoms with Crippen molar-refractivity contribution in [3.63, 3.8) is 0 Å². The van der Waals surface area contributed by atoms with Gasteiger partial charge in [0.25, 0.3) is 0 Å². The number of para-hydroxylation sites is 1. The van der Waals surface area contributed by atoms with Crippen LogP contribution in [0.5, 0.6) is 0 Å². The van der Waals surface area contributed by atoms with Crippen LogP contribution in [0.3, 0.4) is 0 Å². The minimum Gasteiger partial charge on any atom is -0.370 e. The van der Waals surface area contributed by atoms with Crippen LogP contribution in [0.15, 0.2) is 59.6 Å². The van der Waals surface area contributed by atoms with Crippen LogP contribution in [0, 0.1) is 5.92 Å². The number of hydrogen-bond donors (Lipinski definition) is 3. The SMILES string of the molecule is CCC(C)C(=O)Nc1cccc(CN=C(N)Nc2ccccc2)c1.I. The number of nitrogens with one attached hydrogen (secondary N) is 2. The number of rotatable bonds is 6.